The molecular formula is C22H20N4O. The lowest BCUT2D eigenvalue weighted by molar-refractivity contribution is 0.0725. The van der Waals surface area contributed by atoms with E-state index >= 15 is 0 Å². The molecule has 27 heavy (non-hydrogen) atoms. The van der Waals surface area contributed by atoms with Crippen LogP contribution in [0.3, 0.4) is 0 Å². The molecule has 0 spiro atoms. The van der Waals surface area contributed by atoms with Crippen molar-refractivity contribution in [1.29, 1.82) is 0 Å². The number of nitrogens with zero attached hydrogens (tertiary/aromatic N) is 3. The Morgan fingerprint density at radius 2 is 2.07 bits per heavy atom. The van der Waals surface area contributed by atoms with Crippen molar-refractivity contribution in [1.82, 2.24) is 19.7 Å². The van der Waals surface area contributed by atoms with Crippen molar-refractivity contribution in [2.24, 2.45) is 7.05 Å². The van der Waals surface area contributed by atoms with Crippen LogP contribution in [-0.2, 0) is 13.6 Å². The molecule has 2 aromatic heterocycles. The number of nitrogens with one attached hydrogen (secondary N) is 1. The Kier molecular flexibility index (Phi) is 3.60. The molecule has 5 rings (SSSR count). The number of rotatable bonds is 2. The summed E-state index contributed by atoms with van der Waals surface area (Å²) in [5.41, 5.74) is 5.33. The first-order valence-electron chi connectivity index (χ1n) is 9.12. The molecule has 4 aromatic rings. The zero-order chi connectivity index (χ0) is 18.4. The molecule has 0 bridgehead atoms. The van der Waals surface area contributed by atoms with Crippen molar-refractivity contribution in [2.45, 2.75) is 12.5 Å². The Morgan fingerprint density at radius 3 is 2.93 bits per heavy atom. The van der Waals surface area contributed by atoms with E-state index in [1.807, 2.05) is 65.6 Å². The number of hydrogen-bond acceptors (Lipinski definition) is 2. The average Bonchev–Trinajstić information content (AvgIpc) is 3.34. The Morgan fingerprint density at radius 1 is 1.19 bits per heavy atom. The van der Waals surface area contributed by atoms with Crippen molar-refractivity contribution in [3.8, 4) is 0 Å². The van der Waals surface area contributed by atoms with Gasteiger partial charge in [0.05, 0.1) is 6.20 Å². The van der Waals surface area contributed by atoms with Crippen LogP contribution in [0.1, 0.15) is 33.0 Å². The zero-order valence-corrected chi connectivity index (χ0v) is 15.1. The van der Waals surface area contributed by atoms with Crippen LogP contribution in [0.5, 0.6) is 0 Å². The van der Waals surface area contributed by atoms with Crippen LogP contribution in [0, 0.1) is 0 Å². The van der Waals surface area contributed by atoms with Gasteiger partial charge in [0.15, 0.2) is 0 Å². The highest BCUT2D eigenvalue weighted by Crippen LogP contribution is 2.34. The van der Waals surface area contributed by atoms with Gasteiger partial charge in [-0.05, 0) is 40.3 Å². The highest BCUT2D eigenvalue weighted by molar-refractivity contribution is 5.98. The fourth-order valence-electron chi connectivity index (χ4n) is 4.03. The zero-order valence-electron chi connectivity index (χ0n) is 15.1. The van der Waals surface area contributed by atoms with E-state index in [-0.39, 0.29) is 11.8 Å². The third-order valence-corrected chi connectivity index (χ3v) is 5.41. The molecule has 1 atom stereocenters. The summed E-state index contributed by atoms with van der Waals surface area (Å²) in [5.74, 6) is 0.205. The Hall–Kier alpha value is -3.34. The van der Waals surface area contributed by atoms with Crippen LogP contribution in [0.4, 0.5) is 0 Å². The number of aryl methyl sites for hydroxylation is 1. The first kappa shape index (κ1) is 15.9. The molecule has 0 saturated heterocycles. The van der Waals surface area contributed by atoms with E-state index in [0.717, 1.165) is 16.5 Å². The van der Waals surface area contributed by atoms with E-state index in [9.17, 15) is 4.79 Å². The molecule has 1 unspecified atom stereocenters. The molecule has 5 nitrogen and oxygen atoms in total. The Labute approximate surface area is 157 Å². The van der Waals surface area contributed by atoms with Crippen molar-refractivity contribution in [2.75, 3.05) is 6.54 Å². The lowest BCUT2D eigenvalue weighted by Crippen LogP contribution is -2.38. The van der Waals surface area contributed by atoms with Crippen LogP contribution in [-0.4, -0.2) is 32.1 Å². The molecule has 1 N–H and O–H groups in total. The minimum atomic E-state index is 0.0647. The molecule has 5 heteroatoms. The van der Waals surface area contributed by atoms with Gasteiger partial charge < -0.3 is 9.88 Å². The van der Waals surface area contributed by atoms with Gasteiger partial charge in [0.1, 0.15) is 0 Å². The van der Waals surface area contributed by atoms with E-state index in [1.165, 1.54) is 11.1 Å². The molecule has 0 fully saturated rings. The van der Waals surface area contributed by atoms with Crippen molar-refractivity contribution < 1.29 is 4.79 Å². The van der Waals surface area contributed by atoms with E-state index in [1.54, 1.807) is 0 Å². The maximum Gasteiger partial charge on any atom is 0.254 e. The highest BCUT2D eigenvalue weighted by Gasteiger charge is 2.30. The molecular weight excluding hydrogens is 336 g/mol. The molecule has 1 aliphatic heterocycles. The largest absolute Gasteiger partial charge is 0.361 e. The van der Waals surface area contributed by atoms with E-state index in [2.05, 4.69) is 28.3 Å². The molecule has 1 aliphatic rings. The summed E-state index contributed by atoms with van der Waals surface area (Å²) < 4.78 is 1.82. The Balaban J connectivity index is 1.52. The number of aromatic nitrogens is 3. The number of H-pyrrole nitrogens is 1. The molecule has 3 heterocycles. The summed E-state index contributed by atoms with van der Waals surface area (Å²) in [6.07, 6.45) is 5.84. The number of hydrogen-bond donors (Lipinski definition) is 1. The van der Waals surface area contributed by atoms with Crippen molar-refractivity contribution >= 4 is 16.8 Å². The number of carbonyl (C=O) groups excluding carboxylic acids is 1. The van der Waals surface area contributed by atoms with Gasteiger partial charge in [0, 0.05) is 49.5 Å². The SMILES string of the molecule is Cn1cc(C2CN(C(=O)c3ccc4cc[nH]c4c3)Cc3ccccc32)cn1. The Bertz CT molecular complexity index is 1140. The van der Waals surface area contributed by atoms with Crippen LogP contribution in [0.15, 0.2) is 67.1 Å². The van der Waals surface area contributed by atoms with Gasteiger partial charge in [-0.2, -0.15) is 5.10 Å². The van der Waals surface area contributed by atoms with Crippen molar-refractivity contribution in [3.63, 3.8) is 0 Å². The fraction of sp³-hybridized carbons (Fsp3) is 0.182. The van der Waals surface area contributed by atoms with E-state index < -0.39 is 0 Å². The number of aromatic amines is 1. The number of amides is 1. The minimum absolute atomic E-state index is 0.0647. The third-order valence-electron chi connectivity index (χ3n) is 5.41. The molecule has 0 aliphatic carbocycles. The molecule has 0 radical (unpaired) electrons. The van der Waals surface area contributed by atoms with Crippen LogP contribution < -0.4 is 0 Å². The highest BCUT2D eigenvalue weighted by atomic mass is 16.2. The summed E-state index contributed by atoms with van der Waals surface area (Å²) >= 11 is 0. The van der Waals surface area contributed by atoms with Gasteiger partial charge in [0.25, 0.3) is 5.91 Å². The van der Waals surface area contributed by atoms with Crippen LogP contribution >= 0.6 is 0 Å². The first-order chi connectivity index (χ1) is 13.2. The number of carbonyl (C=O) groups is 1. The van der Waals surface area contributed by atoms with Gasteiger partial charge in [-0.25, -0.2) is 0 Å². The third kappa shape index (κ3) is 2.72. The lowest BCUT2D eigenvalue weighted by atomic mass is 9.86. The van der Waals surface area contributed by atoms with E-state index in [4.69, 9.17) is 0 Å². The second-order valence-electron chi connectivity index (χ2n) is 7.16. The van der Waals surface area contributed by atoms with Gasteiger partial charge >= 0.3 is 0 Å². The predicted molar refractivity (Wildman–Crippen MR) is 105 cm³/mol. The second-order valence-corrected chi connectivity index (χ2v) is 7.16. The van der Waals surface area contributed by atoms with Crippen LogP contribution in [0.25, 0.3) is 10.9 Å². The summed E-state index contributed by atoms with van der Waals surface area (Å²) in [6, 6.07) is 16.3. The van der Waals surface area contributed by atoms with Gasteiger partial charge in [0.2, 0.25) is 0 Å². The maximum absolute atomic E-state index is 13.2. The van der Waals surface area contributed by atoms with Crippen molar-refractivity contribution in [3.05, 3.63) is 89.4 Å². The summed E-state index contributed by atoms with van der Waals surface area (Å²) in [7, 11) is 1.92. The monoisotopic (exact) mass is 356 g/mol. The number of fused-ring (bicyclic) bond motifs is 2. The predicted octanol–water partition coefficient (Wildman–Crippen LogP) is 3.69. The summed E-state index contributed by atoms with van der Waals surface area (Å²) in [6.45, 7) is 1.29. The molecule has 2 aromatic carbocycles. The first-order valence-corrected chi connectivity index (χ1v) is 9.12. The molecule has 0 saturated carbocycles. The molecule has 134 valence electrons. The van der Waals surface area contributed by atoms with Gasteiger partial charge in [-0.15, -0.1) is 0 Å². The topological polar surface area (TPSA) is 53.9 Å². The maximum atomic E-state index is 13.2. The van der Waals surface area contributed by atoms with E-state index in [0.29, 0.717) is 18.7 Å². The lowest BCUT2D eigenvalue weighted by Gasteiger charge is -2.34. The van der Waals surface area contributed by atoms with Crippen LogP contribution in [0.2, 0.25) is 0 Å². The molecule has 1 amide bonds. The standard InChI is InChI=1S/C22H20N4O/c1-25-12-18(11-24-25)20-14-26(13-17-4-2-3-5-19(17)20)22(27)16-7-6-15-8-9-23-21(15)10-16/h2-12,20,23H,13-14H2,1H3. The quantitative estimate of drug-likeness (QED) is 0.595. The fourth-order valence-corrected chi connectivity index (χ4v) is 4.03. The summed E-state index contributed by atoms with van der Waals surface area (Å²) in [5, 5.41) is 5.44. The average molecular weight is 356 g/mol. The minimum Gasteiger partial charge on any atom is -0.361 e. The summed E-state index contributed by atoms with van der Waals surface area (Å²) in [4.78, 5) is 18.4. The van der Waals surface area contributed by atoms with Gasteiger partial charge in [-0.3, -0.25) is 9.48 Å². The smallest absolute Gasteiger partial charge is 0.254 e. The normalized spacial score (nSPS) is 16.5. The number of benzene rings is 2. The van der Waals surface area contributed by atoms with Gasteiger partial charge in [-0.1, -0.05) is 30.3 Å². The second kappa shape index (κ2) is 6.13.